The quantitative estimate of drug-likeness (QED) is 0.801. The van der Waals surface area contributed by atoms with Crippen LogP contribution in [0.25, 0.3) is 0 Å². The molecule has 150 valence electrons. The van der Waals surface area contributed by atoms with Crippen LogP contribution in [0.1, 0.15) is 29.7 Å². The van der Waals surface area contributed by atoms with E-state index in [2.05, 4.69) is 0 Å². The summed E-state index contributed by atoms with van der Waals surface area (Å²) in [7, 11) is 0. The summed E-state index contributed by atoms with van der Waals surface area (Å²) in [6, 6.07) is 8.66. The minimum Gasteiger partial charge on any atom is -0.466 e. The van der Waals surface area contributed by atoms with Crippen LogP contribution in [-0.4, -0.2) is 29.6 Å². The van der Waals surface area contributed by atoms with Crippen molar-refractivity contribution in [2.45, 2.75) is 31.7 Å². The molecule has 0 amide bonds. The van der Waals surface area contributed by atoms with Gasteiger partial charge in [-0.05, 0) is 19.4 Å². The Balaban J connectivity index is 2.36. The van der Waals surface area contributed by atoms with Crippen molar-refractivity contribution in [3.8, 4) is 5.75 Å². The lowest BCUT2D eigenvalue weighted by Gasteiger charge is -2.43. The lowest BCUT2D eigenvalue weighted by Crippen LogP contribution is -2.62. The van der Waals surface area contributed by atoms with Gasteiger partial charge < -0.3 is 19.0 Å². The molecule has 0 aliphatic carbocycles. The normalized spacial score (nSPS) is 24.2. The first-order chi connectivity index (χ1) is 13.1. The van der Waals surface area contributed by atoms with Crippen LogP contribution in [0.2, 0.25) is 0 Å². The van der Waals surface area contributed by atoms with Gasteiger partial charge in [0, 0.05) is 12.0 Å². The van der Waals surface area contributed by atoms with Gasteiger partial charge in [-0.25, -0.2) is 4.79 Å². The van der Waals surface area contributed by atoms with Crippen LogP contribution in [0, 0.1) is 12.8 Å². The fourth-order valence-corrected chi connectivity index (χ4v) is 3.36. The first kappa shape index (κ1) is 19.9. The standard InChI is InChI=1S/C19H17F3O6/c1-3-26-17(24)15-13(11-7-5-4-6-8-11)14-12(9-10(2)27-16(14)23)28-18(15,25)19(20,21)22/h4-9,13,15,25H,3H2,1-2H3. The number of aryl methyl sites for hydroxylation is 1. The third-order valence-corrected chi connectivity index (χ3v) is 4.51. The van der Waals surface area contributed by atoms with E-state index < -0.39 is 41.1 Å². The number of benzene rings is 1. The molecule has 1 aliphatic rings. The number of aliphatic hydroxyl groups is 1. The number of carbonyl (C=O) groups excluding carboxylic acids is 1. The molecular formula is C19H17F3O6. The summed E-state index contributed by atoms with van der Waals surface area (Å²) >= 11 is 0. The molecule has 3 unspecified atom stereocenters. The zero-order valence-electron chi connectivity index (χ0n) is 14.9. The van der Waals surface area contributed by atoms with Crippen molar-refractivity contribution in [2.75, 3.05) is 6.61 Å². The van der Waals surface area contributed by atoms with Gasteiger partial charge in [-0.15, -0.1) is 0 Å². The molecule has 0 saturated heterocycles. The average Bonchev–Trinajstić information content (AvgIpc) is 2.60. The number of fused-ring (bicyclic) bond motifs is 1. The number of hydrogen-bond acceptors (Lipinski definition) is 6. The molecule has 28 heavy (non-hydrogen) atoms. The number of halogens is 3. The summed E-state index contributed by atoms with van der Waals surface area (Å²) in [5.74, 6) is -9.51. The van der Waals surface area contributed by atoms with Crippen molar-refractivity contribution in [3.63, 3.8) is 0 Å². The average molecular weight is 398 g/mol. The van der Waals surface area contributed by atoms with Crippen molar-refractivity contribution in [3.05, 3.63) is 63.7 Å². The van der Waals surface area contributed by atoms with Gasteiger partial charge >= 0.3 is 23.6 Å². The van der Waals surface area contributed by atoms with Crippen molar-refractivity contribution in [1.82, 2.24) is 0 Å². The van der Waals surface area contributed by atoms with Crippen LogP contribution in [0.5, 0.6) is 5.75 Å². The molecular weight excluding hydrogens is 381 g/mol. The van der Waals surface area contributed by atoms with E-state index in [4.69, 9.17) is 13.9 Å². The Kier molecular flexibility index (Phi) is 4.97. The predicted octanol–water partition coefficient (Wildman–Crippen LogP) is 2.90. The molecule has 0 fully saturated rings. The van der Waals surface area contributed by atoms with E-state index in [0.29, 0.717) is 0 Å². The predicted molar refractivity (Wildman–Crippen MR) is 89.8 cm³/mol. The lowest BCUT2D eigenvalue weighted by molar-refractivity contribution is -0.359. The number of alkyl halides is 3. The van der Waals surface area contributed by atoms with Crippen LogP contribution in [0.3, 0.4) is 0 Å². The van der Waals surface area contributed by atoms with Gasteiger partial charge in [0.2, 0.25) is 0 Å². The van der Waals surface area contributed by atoms with Gasteiger partial charge in [0.15, 0.2) is 0 Å². The molecule has 2 aromatic rings. The fraction of sp³-hybridized carbons (Fsp3) is 0.368. The molecule has 3 atom stereocenters. The van der Waals surface area contributed by atoms with E-state index in [1.165, 1.54) is 38.1 Å². The molecule has 1 aromatic carbocycles. The van der Waals surface area contributed by atoms with Crippen LogP contribution < -0.4 is 10.4 Å². The minimum absolute atomic E-state index is 0.00493. The molecule has 3 rings (SSSR count). The third kappa shape index (κ3) is 3.15. The monoisotopic (exact) mass is 398 g/mol. The Labute approximate surface area is 157 Å². The highest BCUT2D eigenvalue weighted by atomic mass is 19.4. The van der Waals surface area contributed by atoms with Gasteiger partial charge in [0.1, 0.15) is 17.4 Å². The van der Waals surface area contributed by atoms with Gasteiger partial charge in [0.05, 0.1) is 12.2 Å². The zero-order chi connectivity index (χ0) is 20.7. The molecule has 6 nitrogen and oxygen atoms in total. The molecule has 0 saturated carbocycles. The minimum atomic E-state index is -5.35. The zero-order valence-corrected chi connectivity index (χ0v) is 14.9. The highest BCUT2D eigenvalue weighted by Crippen LogP contribution is 2.52. The Morgan fingerprint density at radius 3 is 2.50 bits per heavy atom. The molecule has 0 radical (unpaired) electrons. The van der Waals surface area contributed by atoms with E-state index >= 15 is 0 Å². The van der Waals surface area contributed by atoms with E-state index in [-0.39, 0.29) is 23.5 Å². The largest absolute Gasteiger partial charge is 0.466 e. The van der Waals surface area contributed by atoms with Crippen molar-refractivity contribution < 1.29 is 37.0 Å². The van der Waals surface area contributed by atoms with Gasteiger partial charge in [-0.3, -0.25) is 4.79 Å². The van der Waals surface area contributed by atoms with Crippen molar-refractivity contribution in [2.24, 2.45) is 5.92 Å². The second-order valence-corrected chi connectivity index (χ2v) is 6.34. The lowest BCUT2D eigenvalue weighted by atomic mass is 9.74. The molecule has 2 heterocycles. The maximum absolute atomic E-state index is 13.9. The van der Waals surface area contributed by atoms with Crippen molar-refractivity contribution in [1.29, 1.82) is 0 Å². The number of carbonyl (C=O) groups is 1. The van der Waals surface area contributed by atoms with Gasteiger partial charge in [-0.2, -0.15) is 13.2 Å². The Hall–Kier alpha value is -2.81. The smallest absolute Gasteiger partial charge is 0.456 e. The number of esters is 1. The van der Waals surface area contributed by atoms with Crippen LogP contribution in [0.15, 0.2) is 45.6 Å². The maximum Gasteiger partial charge on any atom is 0.456 e. The van der Waals surface area contributed by atoms with E-state index in [1.807, 2.05) is 0 Å². The second-order valence-electron chi connectivity index (χ2n) is 6.34. The molecule has 1 aliphatic heterocycles. The molecule has 0 bridgehead atoms. The summed E-state index contributed by atoms with van der Waals surface area (Å²) in [6.07, 6.45) is -5.35. The van der Waals surface area contributed by atoms with Crippen LogP contribution in [-0.2, 0) is 9.53 Å². The molecule has 1 N–H and O–H groups in total. The van der Waals surface area contributed by atoms with Crippen molar-refractivity contribution >= 4 is 5.97 Å². The van der Waals surface area contributed by atoms with E-state index in [9.17, 15) is 27.9 Å². The van der Waals surface area contributed by atoms with Gasteiger partial charge in [0.25, 0.3) is 0 Å². The summed E-state index contributed by atoms with van der Waals surface area (Å²) in [5, 5.41) is 10.5. The topological polar surface area (TPSA) is 86.0 Å². The van der Waals surface area contributed by atoms with E-state index in [1.54, 1.807) is 6.07 Å². The summed E-state index contributed by atoms with van der Waals surface area (Å²) in [4.78, 5) is 25.0. The summed E-state index contributed by atoms with van der Waals surface area (Å²) in [5.41, 5.74) is -1.05. The number of hydrogen-bond donors (Lipinski definition) is 1. The van der Waals surface area contributed by atoms with Gasteiger partial charge in [-0.1, -0.05) is 30.3 Å². The first-order valence-electron chi connectivity index (χ1n) is 8.44. The Morgan fingerprint density at radius 2 is 1.93 bits per heavy atom. The summed E-state index contributed by atoms with van der Waals surface area (Å²) in [6.45, 7) is 2.55. The second kappa shape index (κ2) is 6.97. The van der Waals surface area contributed by atoms with E-state index in [0.717, 1.165) is 6.07 Å². The van der Waals surface area contributed by atoms with Crippen LogP contribution in [0.4, 0.5) is 13.2 Å². The highest BCUT2D eigenvalue weighted by molar-refractivity contribution is 5.77. The summed E-state index contributed by atoms with van der Waals surface area (Å²) < 4.78 is 56.3. The Bertz CT molecular complexity index is 937. The maximum atomic E-state index is 13.9. The number of ether oxygens (including phenoxy) is 2. The fourth-order valence-electron chi connectivity index (χ4n) is 3.36. The number of rotatable bonds is 3. The third-order valence-electron chi connectivity index (χ3n) is 4.51. The highest BCUT2D eigenvalue weighted by Gasteiger charge is 2.69. The van der Waals surface area contributed by atoms with Crippen LogP contribution >= 0.6 is 0 Å². The Morgan fingerprint density at radius 1 is 1.29 bits per heavy atom. The molecule has 9 heteroatoms. The SMILES string of the molecule is CCOC(=O)C1C(c2ccccc2)c2c(cc(C)oc2=O)OC1(O)C(F)(F)F. The molecule has 1 aromatic heterocycles. The first-order valence-corrected chi connectivity index (χ1v) is 8.44. The molecule has 0 spiro atoms.